The number of terminal acetylenes is 1. The van der Waals surface area contributed by atoms with Crippen molar-refractivity contribution in [3.8, 4) is 12.3 Å². The van der Waals surface area contributed by atoms with Crippen LogP contribution in [0, 0.1) is 12.3 Å². The molecule has 1 heterocycles. The fourth-order valence-electron chi connectivity index (χ4n) is 3.00. The molecule has 0 radical (unpaired) electrons. The van der Waals surface area contributed by atoms with E-state index in [0.29, 0.717) is 12.8 Å². The van der Waals surface area contributed by atoms with Crippen molar-refractivity contribution in [1.29, 1.82) is 0 Å². The van der Waals surface area contributed by atoms with Gasteiger partial charge in [0.1, 0.15) is 12.2 Å². The largest absolute Gasteiger partial charge is 0.460 e. The summed E-state index contributed by atoms with van der Waals surface area (Å²) in [5.74, 6) is 1.40. The molecule has 26 heavy (non-hydrogen) atoms. The lowest BCUT2D eigenvalue weighted by Gasteiger charge is -2.38. The lowest BCUT2D eigenvalue weighted by molar-refractivity contribution is -0.191. The number of esters is 2. The van der Waals surface area contributed by atoms with Gasteiger partial charge in [0.05, 0.1) is 24.4 Å². The van der Waals surface area contributed by atoms with Crippen LogP contribution < -0.4 is 0 Å². The van der Waals surface area contributed by atoms with Gasteiger partial charge >= 0.3 is 11.9 Å². The van der Waals surface area contributed by atoms with E-state index in [1.807, 2.05) is 6.92 Å². The lowest BCUT2D eigenvalue weighted by Crippen LogP contribution is -2.49. The van der Waals surface area contributed by atoms with Gasteiger partial charge in [0, 0.05) is 26.7 Å². The second-order valence-electron chi connectivity index (χ2n) is 6.33. The predicted molar refractivity (Wildman–Crippen MR) is 93.9 cm³/mol. The normalized spacial score (nSPS) is 30.7. The maximum atomic E-state index is 11.4. The summed E-state index contributed by atoms with van der Waals surface area (Å²) < 4.78 is 16.7. The Labute approximate surface area is 154 Å². The summed E-state index contributed by atoms with van der Waals surface area (Å²) in [7, 11) is 0. The van der Waals surface area contributed by atoms with E-state index in [2.05, 4.69) is 5.92 Å². The van der Waals surface area contributed by atoms with Crippen LogP contribution in [0.4, 0.5) is 0 Å². The molecule has 0 aliphatic carbocycles. The zero-order valence-electron chi connectivity index (χ0n) is 15.5. The molecule has 7 heteroatoms. The Balaban J connectivity index is 3.10. The summed E-state index contributed by atoms with van der Waals surface area (Å²) in [5, 5.41) is 20.5. The van der Waals surface area contributed by atoms with E-state index in [9.17, 15) is 19.8 Å². The van der Waals surface area contributed by atoms with Crippen LogP contribution in [0.1, 0.15) is 46.5 Å². The van der Waals surface area contributed by atoms with Crippen LogP contribution in [0.3, 0.4) is 0 Å². The molecule has 7 nitrogen and oxygen atoms in total. The SMILES string of the molecule is C#CC=CCC1OC(C(CC)OC(C)=O)CC(O)C(O)CC1OC(C)=O. The van der Waals surface area contributed by atoms with Crippen LogP contribution >= 0.6 is 0 Å². The van der Waals surface area contributed by atoms with E-state index in [-0.39, 0.29) is 12.8 Å². The zero-order chi connectivity index (χ0) is 19.7. The van der Waals surface area contributed by atoms with Crippen molar-refractivity contribution in [2.45, 2.75) is 83.1 Å². The van der Waals surface area contributed by atoms with E-state index >= 15 is 0 Å². The summed E-state index contributed by atoms with van der Waals surface area (Å²) in [6, 6.07) is 0. The minimum Gasteiger partial charge on any atom is -0.460 e. The molecule has 0 amide bonds. The zero-order valence-corrected chi connectivity index (χ0v) is 15.5. The molecule has 0 saturated carbocycles. The summed E-state index contributed by atoms with van der Waals surface area (Å²) in [6.07, 6.45) is 4.57. The van der Waals surface area contributed by atoms with Gasteiger partial charge in [-0.05, 0) is 18.9 Å². The van der Waals surface area contributed by atoms with Gasteiger partial charge in [0.15, 0.2) is 0 Å². The van der Waals surface area contributed by atoms with Crippen LogP contribution in [0.5, 0.6) is 0 Å². The minimum atomic E-state index is -1.10. The molecule has 146 valence electrons. The number of carbonyl (C=O) groups excluding carboxylic acids is 2. The van der Waals surface area contributed by atoms with Crippen LogP contribution in [-0.2, 0) is 23.8 Å². The molecule has 1 saturated heterocycles. The van der Waals surface area contributed by atoms with Gasteiger partial charge in [-0.2, -0.15) is 0 Å². The first-order valence-corrected chi connectivity index (χ1v) is 8.75. The molecule has 0 spiro atoms. The van der Waals surface area contributed by atoms with E-state index in [0.717, 1.165) is 0 Å². The third kappa shape index (κ3) is 7.16. The number of rotatable bonds is 6. The Bertz CT molecular complexity index is 536. The molecule has 0 aromatic carbocycles. The number of allylic oxidation sites excluding steroid dienone is 1. The van der Waals surface area contributed by atoms with Crippen molar-refractivity contribution in [1.82, 2.24) is 0 Å². The number of ether oxygens (including phenoxy) is 3. The highest BCUT2D eigenvalue weighted by Crippen LogP contribution is 2.27. The third-order valence-corrected chi connectivity index (χ3v) is 4.19. The molecule has 2 N–H and O–H groups in total. The number of aliphatic hydroxyl groups is 2. The first-order valence-electron chi connectivity index (χ1n) is 8.75. The molecule has 0 aromatic rings. The average Bonchev–Trinajstić information content (AvgIpc) is 2.55. The number of aliphatic hydroxyl groups excluding tert-OH is 2. The van der Waals surface area contributed by atoms with Crippen molar-refractivity contribution in [2.24, 2.45) is 0 Å². The number of hydrogen-bond acceptors (Lipinski definition) is 7. The molecule has 1 rings (SSSR count). The van der Waals surface area contributed by atoms with Crippen molar-refractivity contribution in [2.75, 3.05) is 0 Å². The van der Waals surface area contributed by atoms with Crippen molar-refractivity contribution < 1.29 is 34.0 Å². The molecular formula is C19H28O7. The maximum Gasteiger partial charge on any atom is 0.302 e. The number of carbonyl (C=O) groups is 2. The first kappa shape index (κ1) is 22.2. The molecule has 6 atom stereocenters. The van der Waals surface area contributed by atoms with Crippen LogP contribution in [0.15, 0.2) is 12.2 Å². The van der Waals surface area contributed by atoms with Gasteiger partial charge in [0.25, 0.3) is 0 Å². The fourth-order valence-corrected chi connectivity index (χ4v) is 3.00. The van der Waals surface area contributed by atoms with Crippen LogP contribution in [-0.4, -0.2) is 58.8 Å². The van der Waals surface area contributed by atoms with E-state index in [4.69, 9.17) is 20.6 Å². The quantitative estimate of drug-likeness (QED) is 0.535. The Morgan fingerprint density at radius 2 is 1.92 bits per heavy atom. The molecule has 1 aliphatic rings. The highest BCUT2D eigenvalue weighted by molar-refractivity contribution is 5.66. The topological polar surface area (TPSA) is 102 Å². The van der Waals surface area contributed by atoms with Gasteiger partial charge in [-0.1, -0.05) is 18.9 Å². The first-order chi connectivity index (χ1) is 12.3. The second-order valence-corrected chi connectivity index (χ2v) is 6.33. The van der Waals surface area contributed by atoms with Crippen molar-refractivity contribution in [3.05, 3.63) is 12.2 Å². The standard InChI is InChI=1S/C19H28O7/c1-5-7-8-9-17-19(25-13(4)21)11-15(23)14(22)10-18(26-17)16(6-2)24-12(3)20/h1,7-8,14-19,22-23H,6,9-11H2,2-4H3. The Morgan fingerprint density at radius 1 is 1.27 bits per heavy atom. The highest BCUT2D eigenvalue weighted by Gasteiger charge is 2.39. The lowest BCUT2D eigenvalue weighted by atomic mass is 9.92. The Hall–Kier alpha value is -1.88. The monoisotopic (exact) mass is 368 g/mol. The molecule has 1 aliphatic heterocycles. The highest BCUT2D eigenvalue weighted by atomic mass is 16.6. The summed E-state index contributed by atoms with van der Waals surface area (Å²) in [6.45, 7) is 4.39. The Morgan fingerprint density at radius 3 is 2.46 bits per heavy atom. The van der Waals surface area contributed by atoms with E-state index < -0.39 is 48.6 Å². The van der Waals surface area contributed by atoms with E-state index in [1.165, 1.54) is 19.9 Å². The maximum absolute atomic E-state index is 11.4. The van der Waals surface area contributed by atoms with E-state index in [1.54, 1.807) is 6.08 Å². The average molecular weight is 368 g/mol. The summed E-state index contributed by atoms with van der Waals surface area (Å²) in [5.41, 5.74) is 0. The van der Waals surface area contributed by atoms with Crippen molar-refractivity contribution >= 4 is 11.9 Å². The molecule has 0 bridgehead atoms. The second kappa shape index (κ2) is 11.0. The predicted octanol–water partition coefficient (Wildman–Crippen LogP) is 1.11. The summed E-state index contributed by atoms with van der Waals surface area (Å²) >= 11 is 0. The van der Waals surface area contributed by atoms with Gasteiger partial charge in [-0.15, -0.1) is 6.42 Å². The number of hydrogen-bond donors (Lipinski definition) is 2. The van der Waals surface area contributed by atoms with Gasteiger partial charge in [-0.25, -0.2) is 0 Å². The molecular weight excluding hydrogens is 340 g/mol. The molecule has 6 unspecified atom stereocenters. The minimum absolute atomic E-state index is 0.0341. The third-order valence-electron chi connectivity index (χ3n) is 4.19. The smallest absolute Gasteiger partial charge is 0.302 e. The summed E-state index contributed by atoms with van der Waals surface area (Å²) in [4.78, 5) is 22.8. The molecule has 1 fully saturated rings. The van der Waals surface area contributed by atoms with Crippen LogP contribution in [0.25, 0.3) is 0 Å². The van der Waals surface area contributed by atoms with Crippen molar-refractivity contribution in [3.63, 3.8) is 0 Å². The molecule has 0 aromatic heterocycles. The van der Waals surface area contributed by atoms with Gasteiger partial charge < -0.3 is 24.4 Å². The van der Waals surface area contributed by atoms with Gasteiger partial charge in [-0.3, -0.25) is 9.59 Å². The van der Waals surface area contributed by atoms with Crippen LogP contribution in [0.2, 0.25) is 0 Å². The van der Waals surface area contributed by atoms with Gasteiger partial charge in [0.2, 0.25) is 0 Å². The fraction of sp³-hybridized carbons (Fsp3) is 0.684. The Kier molecular flexibility index (Phi) is 9.35.